The normalized spacial score (nSPS) is 11.8. The third kappa shape index (κ3) is 7.37. The van der Waals surface area contributed by atoms with Crippen molar-refractivity contribution >= 4 is 86.4 Å². The van der Waals surface area contributed by atoms with Crippen LogP contribution in [0.2, 0.25) is 0 Å². The molecule has 366 valence electrons. The highest BCUT2D eigenvalue weighted by Crippen LogP contribution is 2.48. The zero-order valence-electron chi connectivity index (χ0n) is 43.1. The number of hydrogen-bond donors (Lipinski definition) is 0. The lowest BCUT2D eigenvalue weighted by Gasteiger charge is -2.20. The summed E-state index contributed by atoms with van der Waals surface area (Å²) >= 11 is 0. The van der Waals surface area contributed by atoms with Crippen LogP contribution in [0.5, 0.6) is 0 Å². The number of para-hydroxylation sites is 3. The Labute approximate surface area is 457 Å². The molecule has 15 aromatic carbocycles. The quantitative estimate of drug-likeness (QED) is 0.146. The van der Waals surface area contributed by atoms with Crippen LogP contribution in [0.4, 0.5) is 0 Å². The molecule has 0 N–H and O–H groups in total. The molecule has 79 heavy (non-hydrogen) atoms. The fraction of sp³-hybridized carbons (Fsp3) is 0. The number of nitrogens with zero attached hydrogens (tertiary/aromatic N) is 2. The van der Waals surface area contributed by atoms with E-state index in [4.69, 9.17) is 4.98 Å². The highest BCUT2D eigenvalue weighted by molar-refractivity contribution is 6.24. The first kappa shape index (κ1) is 44.8. The van der Waals surface area contributed by atoms with Gasteiger partial charge in [-0.1, -0.05) is 231 Å². The van der Waals surface area contributed by atoms with Crippen LogP contribution in [-0.4, -0.2) is 9.55 Å². The standard InChI is InChI=1S/C77H48N2/c1-2-23-62(24-3-1)79-72-32-15-14-31-71(72)78-77(79)61-40-36-54-46-59(39-35-55(54)47-61)74-65-27-10-8-25-63(65)73(64-26-9-11-28-66(64)74)57-22-16-21-53(45-57)56-41-42-69-70(48-56)76(60-38-34-50-18-5-7-20-52(50)44-60)68-30-13-12-29-67(68)75(69)58-37-33-49-17-4-6-19-51(49)43-58/h1-48H. The molecule has 16 rings (SSSR count). The van der Waals surface area contributed by atoms with Gasteiger partial charge in [0.2, 0.25) is 0 Å². The lowest BCUT2D eigenvalue weighted by Crippen LogP contribution is -1.97. The van der Waals surface area contributed by atoms with Gasteiger partial charge in [0.15, 0.2) is 0 Å². The van der Waals surface area contributed by atoms with Crippen LogP contribution in [0.3, 0.4) is 0 Å². The minimum Gasteiger partial charge on any atom is -0.292 e. The van der Waals surface area contributed by atoms with E-state index >= 15 is 0 Å². The van der Waals surface area contributed by atoms with Gasteiger partial charge < -0.3 is 0 Å². The van der Waals surface area contributed by atoms with E-state index in [9.17, 15) is 0 Å². The van der Waals surface area contributed by atoms with Gasteiger partial charge in [-0.25, -0.2) is 4.98 Å². The van der Waals surface area contributed by atoms with Crippen LogP contribution in [0.15, 0.2) is 291 Å². The van der Waals surface area contributed by atoms with Crippen molar-refractivity contribution in [2.45, 2.75) is 0 Å². The maximum Gasteiger partial charge on any atom is 0.145 e. The Balaban J connectivity index is 0.848. The summed E-state index contributed by atoms with van der Waals surface area (Å²) in [7, 11) is 0. The molecule has 2 heteroatoms. The van der Waals surface area contributed by atoms with Crippen molar-refractivity contribution in [2.75, 3.05) is 0 Å². The van der Waals surface area contributed by atoms with Gasteiger partial charge >= 0.3 is 0 Å². The highest BCUT2D eigenvalue weighted by atomic mass is 15.1. The van der Waals surface area contributed by atoms with Gasteiger partial charge in [0.1, 0.15) is 5.82 Å². The van der Waals surface area contributed by atoms with Crippen molar-refractivity contribution in [2.24, 2.45) is 0 Å². The highest BCUT2D eigenvalue weighted by Gasteiger charge is 2.21. The Kier molecular flexibility index (Phi) is 10.3. The van der Waals surface area contributed by atoms with E-state index < -0.39 is 0 Å². The molecule has 0 bridgehead atoms. The van der Waals surface area contributed by atoms with E-state index in [-0.39, 0.29) is 0 Å². The lowest BCUT2D eigenvalue weighted by molar-refractivity contribution is 1.10. The molecule has 0 fully saturated rings. The molecule has 0 unspecified atom stereocenters. The Morgan fingerprint density at radius 2 is 0.582 bits per heavy atom. The van der Waals surface area contributed by atoms with E-state index in [1.165, 1.54) is 131 Å². The SMILES string of the molecule is c1ccc(-n2c(-c3ccc4cc(-c5c6ccccc6c(-c6cccc(-c7ccc8c(-c9ccc%10ccccc%10c9)c9ccccc9c(-c9ccc%10ccccc%10c9)c8c7)c6)c6ccccc56)ccc4c3)nc3ccccc32)cc1. The van der Waals surface area contributed by atoms with Gasteiger partial charge in [-0.15, -0.1) is 0 Å². The Hall–Kier alpha value is -10.4. The van der Waals surface area contributed by atoms with Crippen molar-refractivity contribution < 1.29 is 0 Å². The molecule has 0 radical (unpaired) electrons. The number of rotatable bonds is 7. The monoisotopic (exact) mass is 1000 g/mol. The average molecular weight is 1000 g/mol. The fourth-order valence-corrected chi connectivity index (χ4v) is 12.9. The average Bonchev–Trinajstić information content (AvgIpc) is 3.93. The first-order valence-corrected chi connectivity index (χ1v) is 27.3. The second kappa shape index (κ2) is 18.1. The number of benzene rings is 15. The minimum absolute atomic E-state index is 0.932. The minimum atomic E-state index is 0.932. The molecule has 2 nitrogen and oxygen atoms in total. The third-order valence-electron chi connectivity index (χ3n) is 16.5. The first-order valence-electron chi connectivity index (χ1n) is 27.3. The van der Waals surface area contributed by atoms with Crippen LogP contribution in [-0.2, 0) is 0 Å². The lowest BCUT2D eigenvalue weighted by atomic mass is 9.83. The molecule has 0 spiro atoms. The molecule has 0 amide bonds. The van der Waals surface area contributed by atoms with Crippen LogP contribution < -0.4 is 0 Å². The van der Waals surface area contributed by atoms with Gasteiger partial charge in [0.25, 0.3) is 0 Å². The summed E-state index contributed by atoms with van der Waals surface area (Å²) in [4.78, 5) is 5.18. The van der Waals surface area contributed by atoms with E-state index in [0.29, 0.717) is 0 Å². The van der Waals surface area contributed by atoms with E-state index in [0.717, 1.165) is 28.1 Å². The van der Waals surface area contributed by atoms with Crippen molar-refractivity contribution in [1.82, 2.24) is 9.55 Å². The summed E-state index contributed by atoms with van der Waals surface area (Å²) in [6.45, 7) is 0. The van der Waals surface area contributed by atoms with Crippen molar-refractivity contribution in [1.29, 1.82) is 0 Å². The first-order chi connectivity index (χ1) is 39.2. The summed E-state index contributed by atoms with van der Waals surface area (Å²) < 4.78 is 2.27. The van der Waals surface area contributed by atoms with Crippen LogP contribution >= 0.6 is 0 Å². The molecular formula is C77H48N2. The van der Waals surface area contributed by atoms with E-state index in [1.54, 1.807) is 0 Å². The van der Waals surface area contributed by atoms with Gasteiger partial charge in [0, 0.05) is 11.3 Å². The summed E-state index contributed by atoms with van der Waals surface area (Å²) in [6, 6.07) is 107. The van der Waals surface area contributed by atoms with Crippen molar-refractivity contribution in [3.05, 3.63) is 291 Å². The molecule has 0 aliphatic rings. The molecular weight excluding hydrogens is 953 g/mol. The zero-order valence-corrected chi connectivity index (χ0v) is 43.1. The Morgan fingerprint density at radius 1 is 0.215 bits per heavy atom. The number of hydrogen-bond acceptors (Lipinski definition) is 1. The van der Waals surface area contributed by atoms with Gasteiger partial charge in [-0.2, -0.15) is 0 Å². The predicted molar refractivity (Wildman–Crippen MR) is 336 cm³/mol. The maximum atomic E-state index is 5.18. The predicted octanol–water partition coefficient (Wildman–Crippen LogP) is 21.1. The van der Waals surface area contributed by atoms with Gasteiger partial charge in [-0.3, -0.25) is 4.57 Å². The summed E-state index contributed by atoms with van der Waals surface area (Å²) in [5.74, 6) is 0.932. The van der Waals surface area contributed by atoms with Crippen LogP contribution in [0.25, 0.3) is 159 Å². The second-order valence-corrected chi connectivity index (χ2v) is 21.0. The Bertz CT molecular complexity index is 5080. The maximum absolute atomic E-state index is 5.18. The number of fused-ring (bicyclic) bond motifs is 8. The topological polar surface area (TPSA) is 17.8 Å². The summed E-state index contributed by atoms with van der Waals surface area (Å²) in [5.41, 5.74) is 16.4. The number of imidazole rings is 1. The second-order valence-electron chi connectivity index (χ2n) is 21.0. The molecule has 0 saturated carbocycles. The Morgan fingerprint density at radius 3 is 1.14 bits per heavy atom. The third-order valence-corrected chi connectivity index (χ3v) is 16.5. The molecule has 0 saturated heterocycles. The van der Waals surface area contributed by atoms with Crippen LogP contribution in [0.1, 0.15) is 0 Å². The molecule has 1 aromatic heterocycles. The zero-order chi connectivity index (χ0) is 52.0. The molecule has 0 aliphatic carbocycles. The molecule has 16 aromatic rings. The van der Waals surface area contributed by atoms with E-state index in [1.807, 2.05) is 0 Å². The summed E-state index contributed by atoms with van der Waals surface area (Å²) in [6.07, 6.45) is 0. The van der Waals surface area contributed by atoms with Crippen LogP contribution in [0, 0.1) is 0 Å². The van der Waals surface area contributed by atoms with E-state index in [2.05, 4.69) is 296 Å². The molecule has 0 aliphatic heterocycles. The van der Waals surface area contributed by atoms with Crippen molar-refractivity contribution in [3.63, 3.8) is 0 Å². The molecule has 1 heterocycles. The van der Waals surface area contributed by atoms with Crippen molar-refractivity contribution in [3.8, 4) is 72.7 Å². The fourth-order valence-electron chi connectivity index (χ4n) is 12.9. The molecule has 0 atom stereocenters. The smallest absolute Gasteiger partial charge is 0.145 e. The summed E-state index contributed by atoms with van der Waals surface area (Å²) in [5, 5.41) is 17.2. The van der Waals surface area contributed by atoms with Gasteiger partial charge in [0.05, 0.1) is 11.0 Å². The van der Waals surface area contributed by atoms with Gasteiger partial charge in [-0.05, 0) is 192 Å². The largest absolute Gasteiger partial charge is 0.292 e. The number of aromatic nitrogens is 2.